The van der Waals surface area contributed by atoms with Crippen molar-refractivity contribution in [3.8, 4) is 5.75 Å². The third kappa shape index (κ3) is 7.80. The summed E-state index contributed by atoms with van der Waals surface area (Å²) < 4.78 is 32.6. The molecule has 1 saturated carbocycles. The van der Waals surface area contributed by atoms with Gasteiger partial charge in [0.15, 0.2) is 0 Å². The molecule has 190 valence electrons. The van der Waals surface area contributed by atoms with Gasteiger partial charge in [0.2, 0.25) is 21.8 Å². The fraction of sp³-hybridized carbons (Fsp3) is 0.462. The topological polar surface area (TPSA) is 105 Å². The van der Waals surface area contributed by atoms with Crippen LogP contribution in [0.15, 0.2) is 53.4 Å². The van der Waals surface area contributed by atoms with E-state index in [1.54, 1.807) is 43.2 Å². The number of rotatable bonds is 13. The highest BCUT2D eigenvalue weighted by atomic mass is 32.2. The van der Waals surface area contributed by atoms with Crippen LogP contribution in [-0.2, 0) is 32.6 Å². The standard InChI is InChI=1S/C26H35N3O5S/c1-4-17-27-26(31)19(2)29(18-21-5-12-23(34-3)13-6-21)25(30)16-9-20-7-14-24(15-8-20)35(32,33)28-22-10-11-22/h5-8,12-15,19,22,28H,4,9-11,16-18H2,1-3H3,(H,27,31)/t19-/m0/s1. The van der Waals surface area contributed by atoms with Crippen LogP contribution in [0.3, 0.4) is 0 Å². The van der Waals surface area contributed by atoms with Crippen LogP contribution in [-0.4, -0.2) is 50.9 Å². The first-order chi connectivity index (χ1) is 16.7. The van der Waals surface area contributed by atoms with Crippen LogP contribution < -0.4 is 14.8 Å². The van der Waals surface area contributed by atoms with Crippen LogP contribution in [0, 0.1) is 0 Å². The fourth-order valence-electron chi connectivity index (χ4n) is 3.62. The molecule has 8 nitrogen and oxygen atoms in total. The molecule has 35 heavy (non-hydrogen) atoms. The van der Waals surface area contributed by atoms with Gasteiger partial charge < -0.3 is 15.0 Å². The molecule has 2 aromatic carbocycles. The Labute approximate surface area is 208 Å². The Balaban J connectivity index is 1.67. The summed E-state index contributed by atoms with van der Waals surface area (Å²) in [6.07, 6.45) is 3.21. The van der Waals surface area contributed by atoms with Gasteiger partial charge in [-0.3, -0.25) is 9.59 Å². The molecule has 0 spiro atoms. The number of benzene rings is 2. The second-order valence-corrected chi connectivity index (χ2v) is 10.6. The molecule has 0 aliphatic heterocycles. The minimum atomic E-state index is -3.51. The lowest BCUT2D eigenvalue weighted by molar-refractivity contribution is -0.140. The Morgan fingerprint density at radius 3 is 2.26 bits per heavy atom. The third-order valence-electron chi connectivity index (χ3n) is 5.99. The summed E-state index contributed by atoms with van der Waals surface area (Å²) in [7, 11) is -1.91. The number of nitrogens with zero attached hydrogens (tertiary/aromatic N) is 1. The van der Waals surface area contributed by atoms with E-state index in [-0.39, 0.29) is 29.2 Å². The molecule has 0 radical (unpaired) electrons. The monoisotopic (exact) mass is 501 g/mol. The Morgan fingerprint density at radius 2 is 1.69 bits per heavy atom. The highest BCUT2D eigenvalue weighted by molar-refractivity contribution is 7.89. The minimum Gasteiger partial charge on any atom is -0.497 e. The summed E-state index contributed by atoms with van der Waals surface area (Å²) in [5, 5.41) is 2.87. The van der Waals surface area contributed by atoms with Gasteiger partial charge in [-0.15, -0.1) is 0 Å². The molecule has 1 atom stereocenters. The molecule has 2 amide bonds. The molecule has 0 aromatic heterocycles. The van der Waals surface area contributed by atoms with Gasteiger partial charge >= 0.3 is 0 Å². The van der Waals surface area contributed by atoms with Gasteiger partial charge in [-0.25, -0.2) is 13.1 Å². The fourth-order valence-corrected chi connectivity index (χ4v) is 4.93. The second kappa shape index (κ2) is 12.2. The quantitative estimate of drug-likeness (QED) is 0.439. The van der Waals surface area contributed by atoms with Crippen LogP contribution in [0.5, 0.6) is 5.75 Å². The largest absolute Gasteiger partial charge is 0.497 e. The van der Waals surface area contributed by atoms with Gasteiger partial charge in [0, 0.05) is 25.6 Å². The van der Waals surface area contributed by atoms with E-state index >= 15 is 0 Å². The van der Waals surface area contributed by atoms with Crippen molar-refractivity contribution in [1.82, 2.24) is 14.9 Å². The number of hydrogen-bond acceptors (Lipinski definition) is 5. The maximum absolute atomic E-state index is 13.2. The molecule has 3 rings (SSSR count). The van der Waals surface area contributed by atoms with E-state index in [0.29, 0.717) is 19.5 Å². The molecule has 1 aliphatic rings. The first-order valence-electron chi connectivity index (χ1n) is 12.0. The van der Waals surface area contributed by atoms with Crippen molar-refractivity contribution in [3.05, 3.63) is 59.7 Å². The molecule has 0 heterocycles. The van der Waals surface area contributed by atoms with Crippen molar-refractivity contribution in [2.24, 2.45) is 0 Å². The maximum Gasteiger partial charge on any atom is 0.242 e. The van der Waals surface area contributed by atoms with Gasteiger partial charge in [0.25, 0.3) is 0 Å². The maximum atomic E-state index is 13.2. The van der Waals surface area contributed by atoms with Gasteiger partial charge in [-0.1, -0.05) is 31.2 Å². The van der Waals surface area contributed by atoms with E-state index in [0.717, 1.165) is 36.1 Å². The summed E-state index contributed by atoms with van der Waals surface area (Å²) in [6, 6.07) is 13.4. The van der Waals surface area contributed by atoms with Crippen molar-refractivity contribution in [1.29, 1.82) is 0 Å². The molecule has 0 saturated heterocycles. The zero-order valence-corrected chi connectivity index (χ0v) is 21.4. The molecule has 2 N–H and O–H groups in total. The summed E-state index contributed by atoms with van der Waals surface area (Å²) in [6.45, 7) is 4.56. The predicted octanol–water partition coefficient (Wildman–Crippen LogP) is 3.01. The smallest absolute Gasteiger partial charge is 0.242 e. The van der Waals surface area contributed by atoms with Crippen LogP contribution in [0.4, 0.5) is 0 Å². The van der Waals surface area contributed by atoms with Crippen molar-refractivity contribution < 1.29 is 22.7 Å². The average molecular weight is 502 g/mol. The Kier molecular flexibility index (Phi) is 9.28. The van der Waals surface area contributed by atoms with Gasteiger partial charge in [0.1, 0.15) is 11.8 Å². The second-order valence-electron chi connectivity index (χ2n) is 8.88. The number of ether oxygens (including phenoxy) is 1. The van der Waals surface area contributed by atoms with Crippen LogP contribution in [0.1, 0.15) is 50.7 Å². The number of amides is 2. The lowest BCUT2D eigenvalue weighted by Gasteiger charge is -2.29. The van der Waals surface area contributed by atoms with E-state index in [9.17, 15) is 18.0 Å². The molecule has 0 unspecified atom stereocenters. The normalized spacial score (nSPS) is 14.3. The first kappa shape index (κ1) is 26.7. The Bertz CT molecular complexity index is 1100. The number of methoxy groups -OCH3 is 1. The van der Waals surface area contributed by atoms with E-state index in [1.165, 1.54) is 0 Å². The summed E-state index contributed by atoms with van der Waals surface area (Å²) in [5.74, 6) is 0.386. The average Bonchev–Trinajstić information content (AvgIpc) is 3.67. The Morgan fingerprint density at radius 1 is 1.06 bits per heavy atom. The number of sulfonamides is 1. The molecule has 0 bridgehead atoms. The minimum absolute atomic E-state index is 0.0468. The van der Waals surface area contributed by atoms with Gasteiger partial charge in [-0.2, -0.15) is 0 Å². The first-order valence-corrected chi connectivity index (χ1v) is 13.5. The highest BCUT2D eigenvalue weighted by Gasteiger charge is 2.28. The molecular weight excluding hydrogens is 466 g/mol. The number of hydrogen-bond donors (Lipinski definition) is 2. The SMILES string of the molecule is CCCNC(=O)[C@H](C)N(Cc1ccc(OC)cc1)C(=O)CCc1ccc(S(=O)(=O)NC2CC2)cc1. The highest BCUT2D eigenvalue weighted by Crippen LogP contribution is 2.22. The zero-order chi connectivity index (χ0) is 25.4. The lowest BCUT2D eigenvalue weighted by Crippen LogP contribution is -2.47. The summed E-state index contributed by atoms with van der Waals surface area (Å²) in [5.41, 5.74) is 1.75. The van der Waals surface area contributed by atoms with Crippen LogP contribution in [0.2, 0.25) is 0 Å². The predicted molar refractivity (Wildman–Crippen MR) is 134 cm³/mol. The Hall–Kier alpha value is -2.91. The number of aryl methyl sites for hydroxylation is 1. The van der Waals surface area contributed by atoms with Crippen molar-refractivity contribution >= 4 is 21.8 Å². The van der Waals surface area contributed by atoms with Crippen LogP contribution in [0.25, 0.3) is 0 Å². The third-order valence-corrected chi connectivity index (χ3v) is 7.53. The van der Waals surface area contributed by atoms with Gasteiger partial charge in [-0.05, 0) is 68.0 Å². The van der Waals surface area contributed by atoms with Crippen molar-refractivity contribution in [2.45, 2.75) is 69.5 Å². The number of carbonyl (C=O) groups is 2. The molecular formula is C26H35N3O5S. The number of carbonyl (C=O) groups excluding carboxylic acids is 2. The van der Waals surface area contributed by atoms with Crippen molar-refractivity contribution in [2.75, 3.05) is 13.7 Å². The van der Waals surface area contributed by atoms with Crippen LogP contribution >= 0.6 is 0 Å². The zero-order valence-electron chi connectivity index (χ0n) is 20.6. The number of nitrogens with one attached hydrogen (secondary N) is 2. The van der Waals surface area contributed by atoms with E-state index in [4.69, 9.17) is 4.74 Å². The summed E-state index contributed by atoms with van der Waals surface area (Å²) in [4.78, 5) is 27.7. The van der Waals surface area contributed by atoms with Gasteiger partial charge in [0.05, 0.1) is 12.0 Å². The molecule has 1 fully saturated rings. The van der Waals surface area contributed by atoms with Crippen molar-refractivity contribution in [3.63, 3.8) is 0 Å². The molecule has 1 aliphatic carbocycles. The lowest BCUT2D eigenvalue weighted by atomic mass is 10.1. The molecule has 2 aromatic rings. The molecule has 9 heteroatoms. The van der Waals surface area contributed by atoms with E-state index in [2.05, 4.69) is 10.0 Å². The van der Waals surface area contributed by atoms with E-state index in [1.807, 2.05) is 31.2 Å². The summed E-state index contributed by atoms with van der Waals surface area (Å²) >= 11 is 0. The van der Waals surface area contributed by atoms with E-state index < -0.39 is 16.1 Å².